The lowest BCUT2D eigenvalue weighted by atomic mass is 10.1. The fraction of sp³-hybridized carbons (Fsp3) is 0.143. The number of amides is 1. The van der Waals surface area contributed by atoms with E-state index >= 15 is 0 Å². The van der Waals surface area contributed by atoms with Gasteiger partial charge in [-0.15, -0.1) is 6.58 Å². The number of hydrogen-bond acceptors (Lipinski definition) is 4. The molecule has 2 heterocycles. The summed E-state index contributed by atoms with van der Waals surface area (Å²) in [4.78, 5) is 16.4. The van der Waals surface area contributed by atoms with Gasteiger partial charge in [0.15, 0.2) is 5.76 Å². The Morgan fingerprint density at radius 2 is 2.08 bits per heavy atom. The van der Waals surface area contributed by atoms with Crippen LogP contribution < -0.4 is 10.1 Å². The number of hydrogen-bond donors (Lipinski definition) is 1. The van der Waals surface area contributed by atoms with Crippen molar-refractivity contribution in [2.75, 3.05) is 5.32 Å². The van der Waals surface area contributed by atoms with Gasteiger partial charge in [0, 0.05) is 6.20 Å². The largest absolute Gasteiger partial charge is 0.485 e. The second-order valence-electron chi connectivity index (χ2n) is 5.78. The summed E-state index contributed by atoms with van der Waals surface area (Å²) >= 11 is 0. The maximum atomic E-state index is 12.3. The number of aromatic nitrogens is 1. The molecule has 0 aliphatic rings. The van der Waals surface area contributed by atoms with Crippen molar-refractivity contribution in [2.24, 2.45) is 0 Å². The number of carbonyl (C=O) groups excluding carboxylic acids is 1. The van der Waals surface area contributed by atoms with E-state index in [0.29, 0.717) is 11.6 Å². The third-order valence-corrected chi connectivity index (χ3v) is 3.83. The highest BCUT2D eigenvalue weighted by Gasteiger charge is 2.13. The molecule has 0 aliphatic heterocycles. The predicted molar refractivity (Wildman–Crippen MR) is 100 cm³/mol. The lowest BCUT2D eigenvalue weighted by molar-refractivity contribution is 0.0992. The van der Waals surface area contributed by atoms with Gasteiger partial charge in [0.2, 0.25) is 0 Å². The first kappa shape index (κ1) is 17.5. The molecular weight excluding hydrogens is 328 g/mol. The van der Waals surface area contributed by atoms with Gasteiger partial charge in [0.25, 0.3) is 5.91 Å². The fourth-order valence-corrected chi connectivity index (χ4v) is 2.48. The van der Waals surface area contributed by atoms with Crippen LogP contribution in [0.3, 0.4) is 0 Å². The van der Waals surface area contributed by atoms with Crippen molar-refractivity contribution >= 4 is 11.7 Å². The second kappa shape index (κ2) is 8.16. The molecule has 1 N–H and O–H groups in total. The standard InChI is InChI=1S/C21H20N2O3/c1-3-7-16-9-4-5-10-18(16)25-14-17-11-12-19(26-17)21(24)23-20-15(2)8-6-13-22-20/h3-6,8-13H,1,7,14H2,2H3,(H,22,23,24). The molecule has 0 saturated carbocycles. The number of pyridine rings is 1. The van der Waals surface area contributed by atoms with Crippen molar-refractivity contribution in [3.8, 4) is 5.75 Å². The summed E-state index contributed by atoms with van der Waals surface area (Å²) < 4.78 is 11.4. The molecular formula is C21H20N2O3. The third kappa shape index (κ3) is 4.19. The first-order valence-corrected chi connectivity index (χ1v) is 8.30. The van der Waals surface area contributed by atoms with E-state index in [1.807, 2.05) is 49.4 Å². The molecule has 2 aromatic heterocycles. The third-order valence-electron chi connectivity index (χ3n) is 3.83. The number of allylic oxidation sites excluding steroid dienone is 1. The molecule has 0 atom stereocenters. The van der Waals surface area contributed by atoms with Crippen molar-refractivity contribution in [3.63, 3.8) is 0 Å². The molecule has 0 radical (unpaired) electrons. The summed E-state index contributed by atoms with van der Waals surface area (Å²) in [6.07, 6.45) is 4.19. The molecule has 0 saturated heterocycles. The molecule has 132 valence electrons. The molecule has 0 unspecified atom stereocenters. The zero-order valence-corrected chi connectivity index (χ0v) is 14.6. The van der Waals surface area contributed by atoms with Crippen LogP contribution in [0.4, 0.5) is 5.82 Å². The Balaban J connectivity index is 1.64. The van der Waals surface area contributed by atoms with E-state index in [-0.39, 0.29) is 18.3 Å². The Morgan fingerprint density at radius 1 is 1.23 bits per heavy atom. The lowest BCUT2D eigenvalue weighted by Crippen LogP contribution is -2.13. The first-order valence-electron chi connectivity index (χ1n) is 8.30. The van der Waals surface area contributed by atoms with Crippen molar-refractivity contribution in [3.05, 3.63) is 90.0 Å². The van der Waals surface area contributed by atoms with Crippen molar-refractivity contribution in [2.45, 2.75) is 20.0 Å². The van der Waals surface area contributed by atoms with E-state index in [2.05, 4.69) is 16.9 Å². The molecule has 26 heavy (non-hydrogen) atoms. The topological polar surface area (TPSA) is 64.4 Å². The maximum Gasteiger partial charge on any atom is 0.292 e. The molecule has 1 amide bonds. The summed E-state index contributed by atoms with van der Waals surface area (Å²) in [6, 6.07) is 14.8. The molecule has 0 spiro atoms. The minimum atomic E-state index is -0.342. The monoisotopic (exact) mass is 348 g/mol. The van der Waals surface area contributed by atoms with Crippen LogP contribution >= 0.6 is 0 Å². The van der Waals surface area contributed by atoms with Crippen LogP contribution in [0.1, 0.15) is 27.4 Å². The normalized spacial score (nSPS) is 10.3. The van der Waals surface area contributed by atoms with Crippen molar-refractivity contribution in [1.29, 1.82) is 0 Å². The smallest absolute Gasteiger partial charge is 0.292 e. The van der Waals surface area contributed by atoms with Crippen molar-refractivity contribution in [1.82, 2.24) is 4.98 Å². The van der Waals surface area contributed by atoms with Crippen LogP contribution in [0.2, 0.25) is 0 Å². The number of aryl methyl sites for hydroxylation is 1. The van der Waals surface area contributed by atoms with E-state index in [0.717, 1.165) is 23.3 Å². The summed E-state index contributed by atoms with van der Waals surface area (Å²) in [6.45, 7) is 5.87. The summed E-state index contributed by atoms with van der Waals surface area (Å²) in [5.74, 6) is 1.74. The molecule has 0 aliphatic carbocycles. The van der Waals surface area contributed by atoms with Crippen LogP contribution in [-0.4, -0.2) is 10.9 Å². The Bertz CT molecular complexity index is 915. The molecule has 3 rings (SSSR count). The molecule has 0 bridgehead atoms. The lowest BCUT2D eigenvalue weighted by Gasteiger charge is -2.09. The Hall–Kier alpha value is -3.34. The van der Waals surface area contributed by atoms with E-state index in [4.69, 9.17) is 9.15 Å². The number of nitrogens with zero attached hydrogens (tertiary/aromatic N) is 1. The number of rotatable bonds is 7. The van der Waals surface area contributed by atoms with Gasteiger partial charge in [-0.2, -0.15) is 0 Å². The average molecular weight is 348 g/mol. The summed E-state index contributed by atoms with van der Waals surface area (Å²) in [5.41, 5.74) is 1.94. The highest BCUT2D eigenvalue weighted by molar-refractivity contribution is 6.02. The van der Waals surface area contributed by atoms with Crippen molar-refractivity contribution < 1.29 is 13.9 Å². The van der Waals surface area contributed by atoms with Crippen LogP contribution in [0.5, 0.6) is 5.75 Å². The van der Waals surface area contributed by atoms with Crippen LogP contribution in [0, 0.1) is 6.92 Å². The maximum absolute atomic E-state index is 12.3. The Labute approximate surface area is 152 Å². The van der Waals surface area contributed by atoms with E-state index in [1.165, 1.54) is 0 Å². The SMILES string of the molecule is C=CCc1ccccc1OCc1ccc(C(=O)Nc2ncccc2C)o1. The number of ether oxygens (including phenoxy) is 1. The number of para-hydroxylation sites is 1. The van der Waals surface area contributed by atoms with E-state index < -0.39 is 0 Å². The van der Waals surface area contributed by atoms with Gasteiger partial charge in [-0.1, -0.05) is 30.3 Å². The van der Waals surface area contributed by atoms with E-state index in [1.54, 1.807) is 18.3 Å². The molecule has 0 fully saturated rings. The molecule has 3 aromatic rings. The van der Waals surface area contributed by atoms with Gasteiger partial charge in [0.1, 0.15) is 23.9 Å². The van der Waals surface area contributed by atoms with Gasteiger partial charge in [0.05, 0.1) is 0 Å². The highest BCUT2D eigenvalue weighted by Crippen LogP contribution is 2.21. The van der Waals surface area contributed by atoms with Gasteiger partial charge in [-0.3, -0.25) is 4.79 Å². The fourth-order valence-electron chi connectivity index (χ4n) is 2.48. The predicted octanol–water partition coefficient (Wildman–Crippen LogP) is 4.54. The highest BCUT2D eigenvalue weighted by atomic mass is 16.5. The van der Waals surface area contributed by atoms with Crippen LogP contribution in [0.15, 0.2) is 71.8 Å². The zero-order valence-electron chi connectivity index (χ0n) is 14.6. The first-order chi connectivity index (χ1) is 12.7. The van der Waals surface area contributed by atoms with E-state index in [9.17, 15) is 4.79 Å². The minimum Gasteiger partial charge on any atom is -0.485 e. The summed E-state index contributed by atoms with van der Waals surface area (Å²) in [5, 5.41) is 2.74. The average Bonchev–Trinajstić information content (AvgIpc) is 3.12. The number of benzene rings is 1. The zero-order chi connectivity index (χ0) is 18.4. The molecule has 1 aromatic carbocycles. The second-order valence-corrected chi connectivity index (χ2v) is 5.78. The molecule has 5 heteroatoms. The Morgan fingerprint density at radius 3 is 2.88 bits per heavy atom. The van der Waals surface area contributed by atoms with Crippen LogP contribution in [0.25, 0.3) is 0 Å². The number of furan rings is 1. The number of nitrogens with one attached hydrogen (secondary N) is 1. The summed E-state index contributed by atoms with van der Waals surface area (Å²) in [7, 11) is 0. The van der Waals surface area contributed by atoms with Crippen LogP contribution in [-0.2, 0) is 13.0 Å². The number of anilines is 1. The minimum absolute atomic E-state index is 0.216. The van der Waals surface area contributed by atoms with Gasteiger partial charge < -0.3 is 14.5 Å². The number of carbonyl (C=O) groups is 1. The van der Waals surface area contributed by atoms with Gasteiger partial charge in [-0.05, 0) is 48.7 Å². The quantitative estimate of drug-likeness (QED) is 0.637. The molecule has 5 nitrogen and oxygen atoms in total. The van der Waals surface area contributed by atoms with Gasteiger partial charge >= 0.3 is 0 Å². The Kier molecular flexibility index (Phi) is 5.49. The van der Waals surface area contributed by atoms with Gasteiger partial charge in [-0.25, -0.2) is 4.98 Å².